The average molecular weight is 856 g/mol. The van der Waals surface area contributed by atoms with Crippen molar-refractivity contribution in [2.24, 2.45) is 5.16 Å². The summed E-state index contributed by atoms with van der Waals surface area (Å²) >= 11 is 14.2. The van der Waals surface area contributed by atoms with E-state index in [1.165, 1.54) is 11.3 Å². The summed E-state index contributed by atoms with van der Waals surface area (Å²) in [6.45, 7) is 0. The van der Waals surface area contributed by atoms with Crippen molar-refractivity contribution in [2.45, 2.75) is 11.1 Å². The van der Waals surface area contributed by atoms with Crippen molar-refractivity contribution in [1.82, 2.24) is 9.97 Å². The number of hydrogen-bond donors (Lipinski definition) is 2. The molecule has 0 aliphatic heterocycles. The number of carbonyl (C=O) groups excluding carboxylic acids is 1. The summed E-state index contributed by atoms with van der Waals surface area (Å²) in [5.74, 6) is 0. The van der Waals surface area contributed by atoms with E-state index < -0.39 is 16.3 Å². The van der Waals surface area contributed by atoms with Gasteiger partial charge in [-0.05, 0) is 34.9 Å². The highest BCUT2D eigenvalue weighted by molar-refractivity contribution is 7.99. The van der Waals surface area contributed by atoms with Crippen molar-refractivity contribution in [3.05, 3.63) is 244 Å². The quantitative estimate of drug-likeness (QED) is 0.0523. The van der Waals surface area contributed by atoms with Crippen LogP contribution in [0.5, 0.6) is 0 Å². The zero-order valence-corrected chi connectivity index (χ0v) is 35.1. The Morgan fingerprint density at radius 3 is 1.58 bits per heavy atom. The first-order valence-electron chi connectivity index (χ1n) is 19.1. The van der Waals surface area contributed by atoms with E-state index in [0.29, 0.717) is 5.13 Å². The van der Waals surface area contributed by atoms with Crippen molar-refractivity contribution in [3.8, 4) is 10.6 Å². The summed E-state index contributed by atoms with van der Waals surface area (Å²) in [6.07, 6.45) is 0. The summed E-state index contributed by atoms with van der Waals surface area (Å²) in [5, 5.41) is 9.13. The highest BCUT2D eigenvalue weighted by atomic mass is 35.5. The van der Waals surface area contributed by atoms with Gasteiger partial charge in [0.1, 0.15) is 20.6 Å². The van der Waals surface area contributed by atoms with Crippen molar-refractivity contribution in [3.63, 3.8) is 0 Å². The molecule has 9 aromatic rings. The van der Waals surface area contributed by atoms with E-state index in [4.69, 9.17) is 26.4 Å². The fraction of sp³-hybridized carbons (Fsp3) is 0.0400. The lowest BCUT2D eigenvalue weighted by atomic mass is 9.77. The maximum Gasteiger partial charge on any atom is 0.240 e. The number of rotatable bonds is 13. The Morgan fingerprint density at radius 2 is 1.07 bits per heavy atom. The van der Waals surface area contributed by atoms with Crippen molar-refractivity contribution in [2.75, 3.05) is 5.32 Å². The summed E-state index contributed by atoms with van der Waals surface area (Å²) in [4.78, 5) is 30.4. The van der Waals surface area contributed by atoms with Gasteiger partial charge in [0.25, 0.3) is 0 Å². The SMILES string of the molecule is O=C(S)C(=NOC(c1ccccc1)(c1ccccc1)c1cccc(-c2nc3ccccc3s2)c1)c1nc(NC(c2ccccc2)(c2ccccc2)c2ccccc2)sc1Cl. The van der Waals surface area contributed by atoms with Crippen LogP contribution in [-0.4, -0.2) is 20.8 Å². The van der Waals surface area contributed by atoms with E-state index in [0.717, 1.165) is 54.2 Å². The lowest BCUT2D eigenvalue weighted by Gasteiger charge is -2.36. The molecule has 292 valence electrons. The molecule has 0 radical (unpaired) electrons. The van der Waals surface area contributed by atoms with Crippen LogP contribution in [0.3, 0.4) is 0 Å². The molecule has 2 heterocycles. The second-order valence-electron chi connectivity index (χ2n) is 13.9. The van der Waals surface area contributed by atoms with Crippen LogP contribution >= 0.6 is 46.9 Å². The number of aromatic nitrogens is 2. The monoisotopic (exact) mass is 854 g/mol. The third-order valence-electron chi connectivity index (χ3n) is 10.4. The zero-order chi connectivity index (χ0) is 40.9. The normalized spacial score (nSPS) is 12.0. The van der Waals surface area contributed by atoms with Crippen LogP contribution in [0.25, 0.3) is 20.8 Å². The Balaban J connectivity index is 1.18. The number of fused-ring (bicyclic) bond motifs is 1. The Hall–Kier alpha value is -6.36. The first-order valence-corrected chi connectivity index (χ1v) is 21.6. The van der Waals surface area contributed by atoms with Crippen LogP contribution in [0.2, 0.25) is 4.34 Å². The predicted octanol–water partition coefficient (Wildman–Crippen LogP) is 12.6. The molecule has 7 aromatic carbocycles. The molecule has 0 unspecified atom stereocenters. The summed E-state index contributed by atoms with van der Waals surface area (Å²) in [6, 6.07) is 66.4. The number of benzene rings is 7. The van der Waals surface area contributed by atoms with Crippen molar-refractivity contribution < 1.29 is 9.63 Å². The van der Waals surface area contributed by atoms with E-state index in [1.54, 1.807) is 11.3 Å². The van der Waals surface area contributed by atoms with Crippen molar-refractivity contribution in [1.29, 1.82) is 0 Å². The molecule has 0 saturated carbocycles. The van der Waals surface area contributed by atoms with Crippen LogP contribution in [0.1, 0.15) is 39.1 Å². The van der Waals surface area contributed by atoms with Crippen molar-refractivity contribution >= 4 is 73.1 Å². The molecule has 60 heavy (non-hydrogen) atoms. The first kappa shape index (κ1) is 39.1. The summed E-state index contributed by atoms with van der Waals surface area (Å²) in [7, 11) is 0. The number of hydrogen-bond acceptors (Lipinski definition) is 8. The topological polar surface area (TPSA) is 76.5 Å². The second kappa shape index (κ2) is 17.1. The molecule has 6 nitrogen and oxygen atoms in total. The van der Waals surface area contributed by atoms with Gasteiger partial charge in [0, 0.05) is 22.3 Å². The second-order valence-corrected chi connectivity index (χ2v) is 17.0. The fourth-order valence-corrected chi connectivity index (χ4v) is 9.82. The minimum Gasteiger partial charge on any atom is -0.374 e. The molecule has 0 saturated heterocycles. The van der Waals surface area contributed by atoms with Gasteiger partial charge in [0.15, 0.2) is 10.8 Å². The maximum absolute atomic E-state index is 13.6. The molecule has 0 atom stereocenters. The Labute approximate surface area is 366 Å². The van der Waals surface area contributed by atoms with Gasteiger partial charge in [0.2, 0.25) is 10.7 Å². The van der Waals surface area contributed by atoms with E-state index >= 15 is 0 Å². The minimum absolute atomic E-state index is 0.143. The number of nitrogens with one attached hydrogen (secondary N) is 1. The van der Waals surface area contributed by atoms with Crippen LogP contribution in [-0.2, 0) is 20.8 Å². The molecule has 1 N–H and O–H groups in total. The van der Waals surface area contributed by atoms with Gasteiger partial charge in [-0.25, -0.2) is 9.97 Å². The number of thiol groups is 1. The summed E-state index contributed by atoms with van der Waals surface area (Å²) < 4.78 is 1.34. The molecule has 0 fully saturated rings. The number of nitrogens with zero attached hydrogens (tertiary/aromatic N) is 3. The maximum atomic E-state index is 13.6. The van der Waals surface area contributed by atoms with E-state index in [-0.39, 0.29) is 15.7 Å². The largest absolute Gasteiger partial charge is 0.374 e. The number of halogens is 1. The number of para-hydroxylation sites is 1. The molecule has 2 aromatic heterocycles. The Kier molecular flexibility index (Phi) is 11.1. The van der Waals surface area contributed by atoms with Gasteiger partial charge in [-0.15, -0.1) is 11.3 Å². The van der Waals surface area contributed by atoms with Crippen LogP contribution < -0.4 is 5.32 Å². The third-order valence-corrected chi connectivity index (χ3v) is 12.8. The van der Waals surface area contributed by atoms with E-state index in [2.05, 4.69) is 71.6 Å². The molecule has 0 spiro atoms. The third kappa shape index (κ3) is 7.41. The Bertz CT molecular complexity index is 2760. The zero-order valence-electron chi connectivity index (χ0n) is 31.9. The van der Waals surface area contributed by atoms with E-state index in [9.17, 15) is 4.79 Å². The van der Waals surface area contributed by atoms with Crippen LogP contribution in [0.4, 0.5) is 5.13 Å². The lowest BCUT2D eigenvalue weighted by molar-refractivity contribution is -0.105. The summed E-state index contributed by atoms with van der Waals surface area (Å²) in [5.41, 5.74) is 4.94. The molecular formula is C50H35ClN4O2S3. The number of oxime groups is 1. The van der Waals surface area contributed by atoms with Gasteiger partial charge in [-0.2, -0.15) is 0 Å². The average Bonchev–Trinajstić information content (AvgIpc) is 3.91. The Morgan fingerprint density at radius 1 is 0.583 bits per heavy atom. The van der Waals surface area contributed by atoms with Gasteiger partial charge in [-0.3, -0.25) is 4.79 Å². The number of thiazole rings is 2. The molecule has 0 aliphatic rings. The van der Waals surface area contributed by atoms with Gasteiger partial charge >= 0.3 is 0 Å². The van der Waals surface area contributed by atoms with Gasteiger partial charge in [-0.1, -0.05) is 223 Å². The first-order chi connectivity index (χ1) is 29.5. The molecule has 0 amide bonds. The highest BCUT2D eigenvalue weighted by Crippen LogP contribution is 2.45. The minimum atomic E-state index is -1.34. The lowest BCUT2D eigenvalue weighted by Crippen LogP contribution is -2.38. The standard InChI is InChI=1S/C50H35ClN4O2S3/c51-45-43(53-48(60-45)54-49(35-20-6-1-7-21-35,36-22-8-2-9-23-36)37-24-10-3-11-25-37)44(47(56)58)55-57-50(38-26-12-4-13-27-38,39-28-14-5-15-29-39)40-30-18-19-34(33-40)46-52-41-31-16-17-32-42(41)59-46/h1-33H,(H,53,54)(H,56,58). The predicted molar refractivity (Wildman–Crippen MR) is 249 cm³/mol. The number of anilines is 1. The molecule has 9 rings (SSSR count). The van der Waals surface area contributed by atoms with Crippen LogP contribution in [0.15, 0.2) is 205 Å². The van der Waals surface area contributed by atoms with Gasteiger partial charge < -0.3 is 10.2 Å². The molecule has 10 heteroatoms. The smallest absolute Gasteiger partial charge is 0.240 e. The fourth-order valence-electron chi connectivity index (χ4n) is 7.61. The molecular weight excluding hydrogens is 820 g/mol. The van der Waals surface area contributed by atoms with Crippen LogP contribution in [0, 0.1) is 0 Å². The highest BCUT2D eigenvalue weighted by Gasteiger charge is 2.41. The van der Waals surface area contributed by atoms with E-state index in [1.807, 2.05) is 152 Å². The molecule has 0 aliphatic carbocycles. The number of carbonyl (C=O) groups is 1. The molecule has 0 bridgehead atoms. The van der Waals surface area contributed by atoms with Gasteiger partial charge in [0.05, 0.1) is 10.2 Å².